The molecule has 0 radical (unpaired) electrons. The third-order valence-electron chi connectivity index (χ3n) is 3.62. The summed E-state index contributed by atoms with van der Waals surface area (Å²) in [6.45, 7) is -0.457. The summed E-state index contributed by atoms with van der Waals surface area (Å²) in [4.78, 5) is 13.3. The molecule has 0 heterocycles. The van der Waals surface area contributed by atoms with Crippen LogP contribution in [0.5, 0.6) is 0 Å². The van der Waals surface area contributed by atoms with Crippen LogP contribution in [0.2, 0.25) is 0 Å². The van der Waals surface area contributed by atoms with Gasteiger partial charge in [-0.3, -0.25) is 10.2 Å². The number of carboxylic acids is 1. The van der Waals surface area contributed by atoms with Crippen LogP contribution >= 0.6 is 0 Å². The zero-order valence-corrected chi connectivity index (χ0v) is 11.9. The van der Waals surface area contributed by atoms with Gasteiger partial charge in [-0.05, 0) is 25.5 Å². The molecule has 1 aromatic rings. The van der Waals surface area contributed by atoms with E-state index in [1.54, 1.807) is 30.3 Å². The Morgan fingerprint density at radius 2 is 2.05 bits per heavy atom. The first-order valence-electron chi connectivity index (χ1n) is 6.97. The number of alkyl halides is 2. The van der Waals surface area contributed by atoms with E-state index < -0.39 is 24.5 Å². The van der Waals surface area contributed by atoms with Crippen molar-refractivity contribution in [2.45, 2.75) is 30.8 Å². The van der Waals surface area contributed by atoms with Crippen molar-refractivity contribution in [1.82, 2.24) is 10.2 Å². The first-order chi connectivity index (χ1) is 9.94. The average Bonchev–Trinajstić information content (AvgIpc) is 3.21. The van der Waals surface area contributed by atoms with Gasteiger partial charge in [0, 0.05) is 12.6 Å². The Kier molecular flexibility index (Phi) is 4.90. The number of halogens is 2. The maximum absolute atomic E-state index is 12.5. The number of nitrogens with one attached hydrogen (secondary N) is 1. The Labute approximate surface area is 122 Å². The second kappa shape index (κ2) is 6.49. The zero-order chi connectivity index (χ0) is 15.5. The largest absolute Gasteiger partial charge is 0.480 e. The Morgan fingerprint density at radius 1 is 1.43 bits per heavy atom. The SMILES string of the molecule is CN(CC(F)F)CC(NC1CC1)(C(=O)O)c1ccccc1. The Hall–Kier alpha value is -1.53. The van der Waals surface area contributed by atoms with Gasteiger partial charge >= 0.3 is 5.97 Å². The Balaban J connectivity index is 2.29. The van der Waals surface area contributed by atoms with Crippen LogP contribution in [0.15, 0.2) is 30.3 Å². The van der Waals surface area contributed by atoms with Crippen LogP contribution in [0.1, 0.15) is 18.4 Å². The van der Waals surface area contributed by atoms with Crippen molar-refractivity contribution in [3.63, 3.8) is 0 Å². The predicted molar refractivity (Wildman–Crippen MR) is 75.4 cm³/mol. The average molecular weight is 298 g/mol. The van der Waals surface area contributed by atoms with E-state index in [9.17, 15) is 18.7 Å². The molecule has 116 valence electrons. The maximum Gasteiger partial charge on any atom is 0.329 e. The predicted octanol–water partition coefficient (Wildman–Crippen LogP) is 1.92. The Bertz CT molecular complexity index is 480. The van der Waals surface area contributed by atoms with Crippen molar-refractivity contribution in [3.05, 3.63) is 35.9 Å². The molecule has 6 heteroatoms. The minimum Gasteiger partial charge on any atom is -0.480 e. The summed E-state index contributed by atoms with van der Waals surface area (Å²) >= 11 is 0. The fourth-order valence-electron chi connectivity index (χ4n) is 2.48. The topological polar surface area (TPSA) is 52.6 Å². The third kappa shape index (κ3) is 3.98. The van der Waals surface area contributed by atoms with Crippen molar-refractivity contribution in [2.24, 2.45) is 0 Å². The van der Waals surface area contributed by atoms with Gasteiger partial charge in [0.25, 0.3) is 6.43 Å². The fourth-order valence-corrected chi connectivity index (χ4v) is 2.48. The van der Waals surface area contributed by atoms with Gasteiger partial charge in [0.15, 0.2) is 5.54 Å². The zero-order valence-electron chi connectivity index (χ0n) is 11.9. The summed E-state index contributed by atoms with van der Waals surface area (Å²) in [5.74, 6) is -1.04. The van der Waals surface area contributed by atoms with E-state index in [0.29, 0.717) is 5.56 Å². The fraction of sp³-hybridized carbons (Fsp3) is 0.533. The highest BCUT2D eigenvalue weighted by Gasteiger charge is 2.45. The number of nitrogens with zero attached hydrogens (tertiary/aromatic N) is 1. The van der Waals surface area contributed by atoms with E-state index in [2.05, 4.69) is 5.32 Å². The lowest BCUT2D eigenvalue weighted by molar-refractivity contribution is -0.146. The van der Waals surface area contributed by atoms with Crippen molar-refractivity contribution in [1.29, 1.82) is 0 Å². The molecule has 21 heavy (non-hydrogen) atoms. The molecule has 2 rings (SSSR count). The summed E-state index contributed by atoms with van der Waals surface area (Å²) in [6.07, 6.45) is -0.654. The van der Waals surface area contributed by atoms with Gasteiger partial charge in [-0.2, -0.15) is 0 Å². The molecule has 0 aromatic heterocycles. The van der Waals surface area contributed by atoms with Crippen LogP contribution in [0.4, 0.5) is 8.78 Å². The summed E-state index contributed by atoms with van der Waals surface area (Å²) in [5.41, 5.74) is -0.767. The van der Waals surface area contributed by atoms with Gasteiger partial charge in [-0.25, -0.2) is 13.6 Å². The van der Waals surface area contributed by atoms with Crippen LogP contribution in [-0.4, -0.2) is 48.6 Å². The highest BCUT2D eigenvalue weighted by atomic mass is 19.3. The second-order valence-electron chi connectivity index (χ2n) is 5.58. The van der Waals surface area contributed by atoms with Crippen LogP contribution in [0, 0.1) is 0 Å². The molecule has 0 aliphatic heterocycles. The molecule has 0 amide bonds. The standard InChI is InChI=1S/C15H20F2N2O2/c1-19(9-13(16)17)10-15(14(20)21,18-12-7-8-12)11-5-3-2-4-6-11/h2-6,12-13,18H,7-10H2,1H3,(H,20,21). The molecule has 1 unspecified atom stereocenters. The van der Waals surface area contributed by atoms with Crippen molar-refractivity contribution >= 4 is 5.97 Å². The number of carbonyl (C=O) groups is 1. The van der Waals surface area contributed by atoms with E-state index in [1.807, 2.05) is 0 Å². The van der Waals surface area contributed by atoms with Crippen LogP contribution in [-0.2, 0) is 10.3 Å². The number of likely N-dealkylation sites (N-methyl/N-ethyl adjacent to an activating group) is 1. The van der Waals surface area contributed by atoms with E-state index in [1.165, 1.54) is 11.9 Å². The second-order valence-corrected chi connectivity index (χ2v) is 5.58. The van der Waals surface area contributed by atoms with Gasteiger partial charge < -0.3 is 5.11 Å². The lowest BCUT2D eigenvalue weighted by Crippen LogP contribution is -2.57. The molecular formula is C15H20F2N2O2. The molecule has 0 saturated heterocycles. The molecule has 1 aromatic carbocycles. The van der Waals surface area contributed by atoms with Gasteiger partial charge in [-0.1, -0.05) is 30.3 Å². The normalized spacial score (nSPS) is 18.0. The maximum atomic E-state index is 12.5. The van der Waals surface area contributed by atoms with Gasteiger partial charge in [-0.15, -0.1) is 0 Å². The van der Waals surface area contributed by atoms with Gasteiger partial charge in [0.1, 0.15) is 0 Å². The molecule has 1 aliphatic carbocycles. The highest BCUT2D eigenvalue weighted by Crippen LogP contribution is 2.30. The first-order valence-corrected chi connectivity index (χ1v) is 6.97. The van der Waals surface area contributed by atoms with Crippen molar-refractivity contribution < 1.29 is 18.7 Å². The number of hydrogen-bond donors (Lipinski definition) is 2. The van der Waals surface area contributed by atoms with E-state index in [0.717, 1.165) is 12.8 Å². The highest BCUT2D eigenvalue weighted by molar-refractivity contribution is 5.81. The molecule has 0 bridgehead atoms. The van der Waals surface area contributed by atoms with Gasteiger partial charge in [0.05, 0.1) is 6.54 Å². The number of hydrogen-bond acceptors (Lipinski definition) is 3. The van der Waals surface area contributed by atoms with Crippen LogP contribution in [0.3, 0.4) is 0 Å². The summed E-state index contributed by atoms with van der Waals surface area (Å²) in [5, 5.41) is 12.9. The summed E-state index contributed by atoms with van der Waals surface area (Å²) in [6, 6.07) is 8.90. The molecule has 1 atom stereocenters. The van der Waals surface area contributed by atoms with Crippen molar-refractivity contribution in [3.8, 4) is 0 Å². The molecule has 4 nitrogen and oxygen atoms in total. The van der Waals surface area contributed by atoms with Gasteiger partial charge in [0.2, 0.25) is 0 Å². The van der Waals surface area contributed by atoms with E-state index in [4.69, 9.17) is 0 Å². The summed E-state index contributed by atoms with van der Waals surface area (Å²) in [7, 11) is 1.52. The Morgan fingerprint density at radius 3 is 2.52 bits per heavy atom. The minimum atomic E-state index is -2.49. The number of benzene rings is 1. The number of aliphatic carboxylic acids is 1. The number of rotatable bonds is 8. The third-order valence-corrected chi connectivity index (χ3v) is 3.62. The van der Waals surface area contributed by atoms with E-state index in [-0.39, 0.29) is 12.6 Å². The minimum absolute atomic E-state index is 0.00676. The molecule has 1 aliphatic rings. The van der Waals surface area contributed by atoms with Crippen molar-refractivity contribution in [2.75, 3.05) is 20.1 Å². The lowest BCUT2D eigenvalue weighted by Gasteiger charge is -2.35. The molecule has 0 spiro atoms. The summed E-state index contributed by atoms with van der Waals surface area (Å²) < 4.78 is 25.1. The van der Waals surface area contributed by atoms with Crippen LogP contribution < -0.4 is 5.32 Å². The molecule has 1 fully saturated rings. The molecule has 1 saturated carbocycles. The molecule has 2 N–H and O–H groups in total. The number of carboxylic acid groups (broad SMARTS) is 1. The monoisotopic (exact) mass is 298 g/mol. The van der Waals surface area contributed by atoms with Crippen LogP contribution in [0.25, 0.3) is 0 Å². The van der Waals surface area contributed by atoms with E-state index >= 15 is 0 Å². The first kappa shape index (κ1) is 15.9. The quantitative estimate of drug-likeness (QED) is 0.770. The lowest BCUT2D eigenvalue weighted by atomic mass is 9.89. The molecular weight excluding hydrogens is 278 g/mol. The smallest absolute Gasteiger partial charge is 0.329 e.